The summed E-state index contributed by atoms with van der Waals surface area (Å²) in [7, 11) is 0. The second kappa shape index (κ2) is 51.1. The molecule has 0 heterocycles. The predicted molar refractivity (Wildman–Crippen MR) is 325 cm³/mol. The van der Waals surface area contributed by atoms with E-state index in [2.05, 4.69) is 49.3 Å². The molecule has 0 aliphatic rings. The molecule has 5 unspecified atom stereocenters. The van der Waals surface area contributed by atoms with Crippen molar-refractivity contribution in [3.8, 4) is 0 Å². The molecule has 0 aromatic rings. The number of rotatable bonds is 54. The highest BCUT2D eigenvalue weighted by molar-refractivity contribution is 6.22. The summed E-state index contributed by atoms with van der Waals surface area (Å²) in [6.45, 7) is 25.8. The molecule has 5 atom stereocenters. The average molecular weight is 1120 g/mol. The Kier molecular flexibility index (Phi) is 51.5. The Balaban J connectivity index is 6.55. The van der Waals surface area contributed by atoms with Crippen LogP contribution >= 0.6 is 58.0 Å². The monoisotopic (exact) mass is 1120 g/mol. The smallest absolute Gasteiger partial charge is 0.410 e. The molecule has 0 saturated carbocycles. The number of hydrogen-bond donors (Lipinski definition) is 0. The van der Waals surface area contributed by atoms with Gasteiger partial charge in [0.2, 0.25) is 0 Å². The van der Waals surface area contributed by atoms with Crippen LogP contribution in [0.2, 0.25) is 0 Å². The summed E-state index contributed by atoms with van der Waals surface area (Å²) in [5.41, 5.74) is -0.598. The number of hydrogen-bond acceptors (Lipinski definition) is 5. The van der Waals surface area contributed by atoms with Crippen LogP contribution < -0.4 is 0 Å². The SMILES string of the molecule is CCCCCCCCC(Cl)CN(CCN(CCN(CC(Cl)CCCCCCCC)CC(Cl)CCCCCCCC)CCN(CC(Cl)CCCCCCCC)C(=O)OC(C)(C)C)CC(Cl)CCCCCCCC. The lowest BCUT2D eigenvalue weighted by Gasteiger charge is -2.34. The topological polar surface area (TPSA) is 39.3 Å². The maximum absolute atomic E-state index is 14.0. The van der Waals surface area contributed by atoms with Crippen LogP contribution in [0.5, 0.6) is 0 Å². The van der Waals surface area contributed by atoms with Crippen molar-refractivity contribution in [2.75, 3.05) is 72.0 Å². The highest BCUT2D eigenvalue weighted by Crippen LogP contribution is 2.21. The van der Waals surface area contributed by atoms with Crippen LogP contribution in [0.4, 0.5) is 4.79 Å². The molecule has 6 nitrogen and oxygen atoms in total. The Morgan fingerprint density at radius 3 is 0.819 bits per heavy atom. The number of carbonyl (C=O) groups is 1. The third-order valence-corrected chi connectivity index (χ3v) is 16.2. The zero-order valence-electron chi connectivity index (χ0n) is 48.9. The van der Waals surface area contributed by atoms with E-state index < -0.39 is 5.60 Å². The van der Waals surface area contributed by atoms with Gasteiger partial charge in [0, 0.05) is 93.5 Å². The third-order valence-electron chi connectivity index (χ3n) is 14.4. The summed E-state index contributed by atoms with van der Waals surface area (Å²) in [5.74, 6) is 0. The summed E-state index contributed by atoms with van der Waals surface area (Å²) in [6.07, 6.45) is 42.6. The molecule has 0 N–H and O–H groups in total. The maximum Gasteiger partial charge on any atom is 0.410 e. The number of unbranched alkanes of at least 4 members (excludes halogenated alkanes) is 25. The Hall–Kier alpha value is 0.600. The predicted octanol–water partition coefficient (Wildman–Crippen LogP) is 19.9. The van der Waals surface area contributed by atoms with Gasteiger partial charge in [-0.25, -0.2) is 4.79 Å². The molecule has 0 aliphatic carbocycles. The van der Waals surface area contributed by atoms with Gasteiger partial charge in [-0.3, -0.25) is 14.7 Å². The van der Waals surface area contributed by atoms with E-state index in [9.17, 15) is 4.79 Å². The van der Waals surface area contributed by atoms with Crippen molar-refractivity contribution in [1.29, 1.82) is 0 Å². The fourth-order valence-electron chi connectivity index (χ4n) is 9.81. The van der Waals surface area contributed by atoms with E-state index in [1.54, 1.807) is 0 Å². The molecule has 0 spiro atoms. The standard InChI is InChI=1S/C61H121Cl5N4O2/c1-9-14-19-24-29-34-39-55(62)50-68(51-56(63)40-35-30-25-20-15-10-2)46-44-67(48-49-70(60(71)72-61(6,7)8)54-59(66)43-38-33-28-23-18-13-5)45-47-69(52-57(64)41-36-31-26-21-16-11-3)53-58(65)42-37-32-27-22-17-12-4/h55-59H,9-54H2,1-8H3. The molecule has 432 valence electrons. The summed E-state index contributed by atoms with van der Waals surface area (Å²) < 4.78 is 6.05. The number of amides is 1. The molecule has 0 bridgehead atoms. The normalized spacial score (nSPS) is 14.4. The van der Waals surface area contributed by atoms with Gasteiger partial charge < -0.3 is 9.64 Å². The fraction of sp³-hybridized carbons (Fsp3) is 0.984. The van der Waals surface area contributed by atoms with Crippen LogP contribution in [0.15, 0.2) is 0 Å². The highest BCUT2D eigenvalue weighted by Gasteiger charge is 2.26. The van der Waals surface area contributed by atoms with Crippen molar-refractivity contribution in [3.63, 3.8) is 0 Å². The number of halogens is 5. The first-order valence-corrected chi connectivity index (χ1v) is 33.2. The van der Waals surface area contributed by atoms with Gasteiger partial charge in [0.1, 0.15) is 5.60 Å². The molecule has 0 aromatic heterocycles. The number of carbonyl (C=O) groups excluding carboxylic acids is 1. The lowest BCUT2D eigenvalue weighted by molar-refractivity contribution is 0.0226. The van der Waals surface area contributed by atoms with Gasteiger partial charge in [0.05, 0.1) is 5.38 Å². The van der Waals surface area contributed by atoms with Gasteiger partial charge in [0.25, 0.3) is 0 Å². The number of nitrogens with zero attached hydrogens (tertiary/aromatic N) is 4. The van der Waals surface area contributed by atoms with Crippen molar-refractivity contribution in [2.24, 2.45) is 0 Å². The second-order valence-electron chi connectivity index (χ2n) is 23.1. The number of ether oxygens (including phenoxy) is 1. The van der Waals surface area contributed by atoms with Crippen LogP contribution in [0.1, 0.15) is 280 Å². The zero-order valence-corrected chi connectivity index (χ0v) is 52.7. The van der Waals surface area contributed by atoms with Gasteiger partial charge in [0.15, 0.2) is 0 Å². The molecule has 0 saturated heterocycles. The summed E-state index contributed by atoms with van der Waals surface area (Å²) in [4.78, 5) is 23.5. The maximum atomic E-state index is 14.0. The van der Waals surface area contributed by atoms with Crippen molar-refractivity contribution >= 4 is 64.1 Å². The lowest BCUT2D eigenvalue weighted by Crippen LogP contribution is -2.48. The van der Waals surface area contributed by atoms with E-state index in [1.165, 1.54) is 186 Å². The van der Waals surface area contributed by atoms with E-state index in [1.807, 2.05) is 25.7 Å². The highest BCUT2D eigenvalue weighted by atomic mass is 35.5. The minimum atomic E-state index is -0.598. The van der Waals surface area contributed by atoms with Crippen molar-refractivity contribution in [3.05, 3.63) is 0 Å². The van der Waals surface area contributed by atoms with Gasteiger partial charge in [-0.15, -0.1) is 58.0 Å². The molecule has 1 amide bonds. The van der Waals surface area contributed by atoms with Crippen LogP contribution in [0, 0.1) is 0 Å². The minimum absolute atomic E-state index is 0.0904. The van der Waals surface area contributed by atoms with Crippen LogP contribution in [0.25, 0.3) is 0 Å². The zero-order chi connectivity index (χ0) is 53.5. The first-order valence-electron chi connectivity index (χ1n) is 31.0. The Labute approximate surface area is 474 Å². The van der Waals surface area contributed by atoms with E-state index in [0.717, 1.165) is 97.4 Å². The van der Waals surface area contributed by atoms with Crippen LogP contribution in [0.3, 0.4) is 0 Å². The quantitative estimate of drug-likeness (QED) is 0.0448. The van der Waals surface area contributed by atoms with Crippen LogP contribution in [-0.2, 0) is 4.74 Å². The van der Waals surface area contributed by atoms with Gasteiger partial charge in [-0.1, -0.05) is 227 Å². The summed E-state index contributed by atoms with van der Waals surface area (Å²) in [6, 6.07) is 0. The molecule has 0 aliphatic heterocycles. The van der Waals surface area contributed by atoms with E-state index >= 15 is 0 Å². The van der Waals surface area contributed by atoms with Gasteiger partial charge >= 0.3 is 6.09 Å². The summed E-state index contributed by atoms with van der Waals surface area (Å²) >= 11 is 36.0. The first-order chi connectivity index (χ1) is 34.7. The van der Waals surface area contributed by atoms with Crippen molar-refractivity contribution < 1.29 is 9.53 Å². The molecule has 0 aromatic carbocycles. The lowest BCUT2D eigenvalue weighted by atomic mass is 10.1. The largest absolute Gasteiger partial charge is 0.444 e. The van der Waals surface area contributed by atoms with E-state index in [4.69, 9.17) is 62.7 Å². The van der Waals surface area contributed by atoms with Gasteiger partial charge in [-0.2, -0.15) is 0 Å². The first kappa shape index (κ1) is 72.6. The van der Waals surface area contributed by atoms with Crippen molar-refractivity contribution in [1.82, 2.24) is 19.6 Å². The van der Waals surface area contributed by atoms with Gasteiger partial charge in [-0.05, 0) is 52.9 Å². The minimum Gasteiger partial charge on any atom is -0.444 e. The van der Waals surface area contributed by atoms with Crippen molar-refractivity contribution in [2.45, 2.75) is 313 Å². The second-order valence-corrected chi connectivity index (χ2v) is 26.1. The molecule has 0 fully saturated rings. The molecule has 0 radical (unpaired) electrons. The Bertz CT molecular complexity index is 1050. The molecule has 0 rings (SSSR count). The van der Waals surface area contributed by atoms with E-state index in [-0.39, 0.29) is 33.0 Å². The average Bonchev–Trinajstić information content (AvgIpc) is 3.33. The number of alkyl halides is 5. The molecular formula is C61H121Cl5N4O2. The Morgan fingerprint density at radius 2 is 0.556 bits per heavy atom. The van der Waals surface area contributed by atoms with E-state index in [0.29, 0.717) is 13.1 Å². The summed E-state index contributed by atoms with van der Waals surface area (Å²) in [5, 5.41) is 0.239. The molecule has 72 heavy (non-hydrogen) atoms. The Morgan fingerprint density at radius 1 is 0.333 bits per heavy atom. The third kappa shape index (κ3) is 47.8. The molecule has 11 heteroatoms. The molecular weight excluding hydrogens is 998 g/mol. The van der Waals surface area contributed by atoms with Crippen LogP contribution in [-0.4, -0.2) is 130 Å². The fourth-order valence-corrected chi connectivity index (χ4v) is 11.5.